The van der Waals surface area contributed by atoms with E-state index in [0.717, 1.165) is 16.6 Å². The molecular formula is C18H20BrN3O2. The molecule has 2 aromatic carbocycles. The standard InChI is InChI=1S/C18H20BrN3O2/c1-23-16-8-7-11(9-17(16)24-2)21-18(20)22-15-10-13(15)12-5-3-4-6-14(12)19/h3-9,13,15H,10H2,1-2H3,(H3,20,21,22)/t13-,15+/m0/s1. The molecule has 1 saturated carbocycles. The first-order valence-electron chi connectivity index (χ1n) is 7.69. The second kappa shape index (κ2) is 7.13. The zero-order valence-corrected chi connectivity index (χ0v) is 15.2. The summed E-state index contributed by atoms with van der Waals surface area (Å²) in [5, 5.41) is 3.11. The van der Waals surface area contributed by atoms with Crippen molar-refractivity contribution in [3.63, 3.8) is 0 Å². The van der Waals surface area contributed by atoms with Crippen LogP contribution in [0.1, 0.15) is 17.9 Å². The first-order chi connectivity index (χ1) is 11.6. The summed E-state index contributed by atoms with van der Waals surface area (Å²) in [5.74, 6) is 2.15. The third kappa shape index (κ3) is 3.64. The summed E-state index contributed by atoms with van der Waals surface area (Å²) in [5.41, 5.74) is 8.14. The van der Waals surface area contributed by atoms with Gasteiger partial charge in [-0.2, -0.15) is 0 Å². The van der Waals surface area contributed by atoms with Crippen molar-refractivity contribution in [1.82, 2.24) is 0 Å². The van der Waals surface area contributed by atoms with Gasteiger partial charge in [0, 0.05) is 22.1 Å². The Morgan fingerprint density at radius 2 is 1.92 bits per heavy atom. The van der Waals surface area contributed by atoms with Gasteiger partial charge in [0.2, 0.25) is 0 Å². The lowest BCUT2D eigenvalue weighted by atomic mass is 10.1. The first kappa shape index (κ1) is 16.6. The zero-order valence-electron chi connectivity index (χ0n) is 13.6. The predicted octanol–water partition coefficient (Wildman–Crippen LogP) is 3.75. The van der Waals surface area contributed by atoms with Crippen molar-refractivity contribution in [3.05, 3.63) is 52.5 Å². The van der Waals surface area contributed by atoms with E-state index >= 15 is 0 Å². The number of hydrogen-bond acceptors (Lipinski definition) is 3. The van der Waals surface area contributed by atoms with Crippen LogP contribution in [0.15, 0.2) is 51.9 Å². The molecule has 0 heterocycles. The van der Waals surface area contributed by atoms with Gasteiger partial charge >= 0.3 is 0 Å². The number of anilines is 1. The maximum atomic E-state index is 6.04. The maximum absolute atomic E-state index is 6.04. The van der Waals surface area contributed by atoms with Crippen LogP contribution in [-0.4, -0.2) is 26.2 Å². The largest absolute Gasteiger partial charge is 0.493 e. The van der Waals surface area contributed by atoms with E-state index in [0.29, 0.717) is 23.4 Å². The molecule has 1 fully saturated rings. The Labute approximate surface area is 150 Å². The minimum Gasteiger partial charge on any atom is -0.493 e. The highest BCUT2D eigenvalue weighted by Gasteiger charge is 2.39. The molecular weight excluding hydrogens is 370 g/mol. The third-order valence-electron chi connectivity index (χ3n) is 4.02. The molecule has 6 heteroatoms. The molecule has 2 atom stereocenters. The Kier molecular flexibility index (Phi) is 4.94. The summed E-state index contributed by atoms with van der Waals surface area (Å²) in [7, 11) is 3.21. The van der Waals surface area contributed by atoms with Crippen LogP contribution in [-0.2, 0) is 0 Å². The highest BCUT2D eigenvalue weighted by atomic mass is 79.9. The molecule has 0 saturated heterocycles. The van der Waals surface area contributed by atoms with Gasteiger partial charge in [-0.15, -0.1) is 0 Å². The highest BCUT2D eigenvalue weighted by molar-refractivity contribution is 9.10. The van der Waals surface area contributed by atoms with Gasteiger partial charge in [0.05, 0.1) is 20.3 Å². The number of methoxy groups -OCH3 is 2. The number of nitrogens with one attached hydrogen (secondary N) is 1. The fourth-order valence-corrected chi connectivity index (χ4v) is 3.29. The summed E-state index contributed by atoms with van der Waals surface area (Å²) in [6.07, 6.45) is 1.01. The summed E-state index contributed by atoms with van der Waals surface area (Å²) in [4.78, 5) is 4.57. The lowest BCUT2D eigenvalue weighted by Gasteiger charge is -2.11. The van der Waals surface area contributed by atoms with Crippen molar-refractivity contribution < 1.29 is 9.47 Å². The molecule has 3 rings (SSSR count). The monoisotopic (exact) mass is 389 g/mol. The van der Waals surface area contributed by atoms with Crippen molar-refractivity contribution in [2.75, 3.05) is 19.5 Å². The fraction of sp³-hybridized carbons (Fsp3) is 0.278. The summed E-state index contributed by atoms with van der Waals surface area (Å²) in [6, 6.07) is 14.0. The predicted molar refractivity (Wildman–Crippen MR) is 100 cm³/mol. The third-order valence-corrected chi connectivity index (χ3v) is 4.74. The molecule has 0 aliphatic heterocycles. The molecule has 5 nitrogen and oxygen atoms in total. The van der Waals surface area contributed by atoms with E-state index < -0.39 is 0 Å². The van der Waals surface area contributed by atoms with Crippen molar-refractivity contribution in [2.24, 2.45) is 10.7 Å². The Bertz CT molecular complexity index is 764. The number of guanidine groups is 1. The van der Waals surface area contributed by atoms with E-state index in [2.05, 4.69) is 38.4 Å². The van der Waals surface area contributed by atoms with Gasteiger partial charge < -0.3 is 20.5 Å². The van der Waals surface area contributed by atoms with E-state index in [9.17, 15) is 0 Å². The smallest absolute Gasteiger partial charge is 0.193 e. The van der Waals surface area contributed by atoms with Gasteiger partial charge in [0.15, 0.2) is 17.5 Å². The number of halogens is 1. The number of rotatable bonds is 5. The van der Waals surface area contributed by atoms with Gasteiger partial charge in [-0.05, 0) is 30.2 Å². The number of nitrogens with zero attached hydrogens (tertiary/aromatic N) is 1. The fourth-order valence-electron chi connectivity index (χ4n) is 2.71. The van der Waals surface area contributed by atoms with Crippen LogP contribution in [0.2, 0.25) is 0 Å². The van der Waals surface area contributed by atoms with Gasteiger partial charge in [-0.25, -0.2) is 4.99 Å². The lowest BCUT2D eigenvalue weighted by molar-refractivity contribution is 0.355. The average Bonchev–Trinajstić information content (AvgIpc) is 3.33. The molecule has 1 aliphatic rings. The molecule has 0 bridgehead atoms. The van der Waals surface area contributed by atoms with E-state index in [1.165, 1.54) is 5.56 Å². The molecule has 0 unspecified atom stereocenters. The number of hydrogen-bond donors (Lipinski definition) is 2. The summed E-state index contributed by atoms with van der Waals surface area (Å²) >= 11 is 3.59. The normalized spacial score (nSPS) is 19.7. The van der Waals surface area contributed by atoms with Crippen molar-refractivity contribution in [2.45, 2.75) is 18.4 Å². The lowest BCUT2D eigenvalue weighted by Crippen LogP contribution is -2.23. The topological polar surface area (TPSA) is 68.9 Å². The average molecular weight is 390 g/mol. The van der Waals surface area contributed by atoms with Gasteiger partial charge in [-0.3, -0.25) is 0 Å². The zero-order chi connectivity index (χ0) is 17.1. The Morgan fingerprint density at radius 3 is 2.62 bits per heavy atom. The van der Waals surface area contributed by atoms with Crippen LogP contribution in [0.5, 0.6) is 11.5 Å². The van der Waals surface area contributed by atoms with Gasteiger partial charge in [0.25, 0.3) is 0 Å². The van der Waals surface area contributed by atoms with Crippen molar-refractivity contribution in [1.29, 1.82) is 0 Å². The molecule has 2 aromatic rings. The molecule has 3 N–H and O–H groups in total. The Balaban J connectivity index is 1.67. The Morgan fingerprint density at radius 1 is 1.17 bits per heavy atom. The van der Waals surface area contributed by atoms with Crippen molar-refractivity contribution in [3.8, 4) is 11.5 Å². The number of aliphatic imine (C=N–C) groups is 1. The first-order valence-corrected chi connectivity index (χ1v) is 8.48. The van der Waals surface area contributed by atoms with Crippen LogP contribution in [0, 0.1) is 0 Å². The van der Waals surface area contributed by atoms with Crippen LogP contribution >= 0.6 is 15.9 Å². The van der Waals surface area contributed by atoms with Gasteiger partial charge in [-0.1, -0.05) is 34.1 Å². The van der Waals surface area contributed by atoms with Crippen molar-refractivity contribution >= 4 is 27.6 Å². The van der Waals surface area contributed by atoms with E-state index in [4.69, 9.17) is 15.2 Å². The second-order valence-electron chi connectivity index (χ2n) is 5.64. The molecule has 1 aliphatic carbocycles. The maximum Gasteiger partial charge on any atom is 0.193 e. The molecule has 0 radical (unpaired) electrons. The minimum absolute atomic E-state index is 0.219. The van der Waals surface area contributed by atoms with Crippen LogP contribution < -0.4 is 20.5 Å². The van der Waals surface area contributed by atoms with Gasteiger partial charge in [0.1, 0.15) is 0 Å². The highest BCUT2D eigenvalue weighted by Crippen LogP contribution is 2.46. The number of nitrogens with two attached hydrogens (primary N) is 1. The molecule has 126 valence electrons. The quantitative estimate of drug-likeness (QED) is 0.603. The van der Waals surface area contributed by atoms with Crippen LogP contribution in [0.4, 0.5) is 5.69 Å². The minimum atomic E-state index is 0.219. The molecule has 0 aromatic heterocycles. The summed E-state index contributed by atoms with van der Waals surface area (Å²) in [6.45, 7) is 0. The van der Waals surface area contributed by atoms with E-state index in [-0.39, 0.29) is 6.04 Å². The Hall–Kier alpha value is -2.21. The molecule has 0 spiro atoms. The van der Waals surface area contributed by atoms with Crippen LogP contribution in [0.3, 0.4) is 0 Å². The SMILES string of the molecule is COc1ccc(NC(N)=N[C@@H]2C[C@H]2c2ccccc2Br)cc1OC. The molecule has 0 amide bonds. The molecule has 24 heavy (non-hydrogen) atoms. The van der Waals surface area contributed by atoms with E-state index in [1.807, 2.05) is 30.3 Å². The van der Waals surface area contributed by atoms with E-state index in [1.54, 1.807) is 14.2 Å². The number of ether oxygens (including phenoxy) is 2. The second-order valence-corrected chi connectivity index (χ2v) is 6.49. The summed E-state index contributed by atoms with van der Waals surface area (Å²) < 4.78 is 11.6. The van der Waals surface area contributed by atoms with Crippen LogP contribution in [0.25, 0.3) is 0 Å². The number of benzene rings is 2.